The number of aromatic nitrogens is 2. The molecule has 6 heteroatoms. The van der Waals surface area contributed by atoms with Crippen LogP contribution < -0.4 is 16.2 Å². The molecule has 1 aromatic carbocycles. The van der Waals surface area contributed by atoms with Gasteiger partial charge in [-0.2, -0.15) is 0 Å². The van der Waals surface area contributed by atoms with E-state index in [2.05, 4.69) is 16.7 Å². The van der Waals surface area contributed by atoms with E-state index >= 15 is 0 Å². The van der Waals surface area contributed by atoms with Gasteiger partial charge in [-0.05, 0) is 42.3 Å². The van der Waals surface area contributed by atoms with Crippen molar-refractivity contribution in [2.75, 3.05) is 18.1 Å². The van der Waals surface area contributed by atoms with E-state index in [1.165, 1.54) is 0 Å². The molecule has 4 N–H and O–H groups in total. The Morgan fingerprint density at radius 3 is 2.66 bits per heavy atom. The third-order valence-electron chi connectivity index (χ3n) is 4.25. The highest BCUT2D eigenvalue weighted by Gasteiger charge is 2.11. The van der Waals surface area contributed by atoms with Gasteiger partial charge in [0, 0.05) is 12.5 Å². The number of pyridine rings is 1. The van der Waals surface area contributed by atoms with Crippen LogP contribution in [0.4, 0.5) is 11.6 Å². The number of nitrogen functional groups attached to an aromatic ring is 2. The summed E-state index contributed by atoms with van der Waals surface area (Å²) >= 11 is 0. The van der Waals surface area contributed by atoms with Crippen LogP contribution in [0.3, 0.4) is 0 Å². The first-order valence-electron chi connectivity index (χ1n) is 9.23. The highest BCUT2D eigenvalue weighted by Crippen LogP contribution is 2.26. The molecule has 0 unspecified atom stereocenters. The van der Waals surface area contributed by atoms with Crippen molar-refractivity contribution >= 4 is 11.6 Å². The molecule has 0 saturated carbocycles. The zero-order chi connectivity index (χ0) is 20.6. The summed E-state index contributed by atoms with van der Waals surface area (Å²) in [6, 6.07) is 13.2. The minimum atomic E-state index is 0.316. The largest absolute Gasteiger partial charge is 0.489 e. The highest BCUT2D eigenvalue weighted by atomic mass is 16.5. The number of hydrogen-bond acceptors (Lipinski definition) is 6. The Morgan fingerprint density at radius 1 is 1.17 bits per heavy atom. The second-order valence-electron chi connectivity index (χ2n) is 6.43. The molecule has 2 aromatic heterocycles. The van der Waals surface area contributed by atoms with Crippen molar-refractivity contribution in [3.05, 3.63) is 90.2 Å². The predicted molar refractivity (Wildman–Crippen MR) is 116 cm³/mol. The van der Waals surface area contributed by atoms with E-state index in [1.807, 2.05) is 55.5 Å². The Morgan fingerprint density at radius 2 is 1.97 bits per heavy atom. The van der Waals surface area contributed by atoms with Gasteiger partial charge < -0.3 is 20.7 Å². The van der Waals surface area contributed by atoms with Crippen molar-refractivity contribution in [3.8, 4) is 17.1 Å². The molecular formula is C23H24N4O2. The first-order valence-corrected chi connectivity index (χ1v) is 9.23. The van der Waals surface area contributed by atoms with Crippen molar-refractivity contribution < 1.29 is 9.26 Å². The molecule has 6 nitrogen and oxygen atoms in total. The van der Waals surface area contributed by atoms with Gasteiger partial charge in [0.15, 0.2) is 5.76 Å². The zero-order valence-corrected chi connectivity index (χ0v) is 16.3. The molecule has 0 fully saturated rings. The van der Waals surface area contributed by atoms with Crippen molar-refractivity contribution in [1.29, 1.82) is 0 Å². The van der Waals surface area contributed by atoms with Crippen LogP contribution in [0.15, 0.2) is 83.4 Å². The molecule has 0 aliphatic carbocycles. The maximum atomic E-state index is 5.91. The number of hydrogen-bond donors (Lipinski definition) is 2. The summed E-state index contributed by atoms with van der Waals surface area (Å²) in [5, 5.41) is 4.13. The first-order chi connectivity index (χ1) is 14.1. The molecule has 0 aliphatic heterocycles. The fourth-order valence-corrected chi connectivity index (χ4v) is 2.70. The molecule has 3 aromatic rings. The van der Waals surface area contributed by atoms with Crippen LogP contribution in [0.25, 0.3) is 11.3 Å². The van der Waals surface area contributed by atoms with Crippen molar-refractivity contribution in [2.45, 2.75) is 13.3 Å². The molecular weight excluding hydrogens is 364 g/mol. The molecule has 0 saturated heterocycles. The third kappa shape index (κ3) is 5.35. The van der Waals surface area contributed by atoms with E-state index in [9.17, 15) is 0 Å². The monoisotopic (exact) mass is 388 g/mol. The molecule has 3 rings (SSSR count). The normalized spacial score (nSPS) is 11.7. The molecule has 0 radical (unpaired) electrons. The number of rotatable bonds is 8. The average molecular weight is 388 g/mol. The summed E-state index contributed by atoms with van der Waals surface area (Å²) in [6.45, 7) is 6.24. The summed E-state index contributed by atoms with van der Waals surface area (Å²) in [6.07, 6.45) is 8.33. The summed E-state index contributed by atoms with van der Waals surface area (Å²) in [7, 11) is 0. The van der Waals surface area contributed by atoms with Crippen LogP contribution in [0, 0.1) is 0 Å². The van der Waals surface area contributed by atoms with E-state index in [-0.39, 0.29) is 0 Å². The predicted octanol–water partition coefficient (Wildman–Crippen LogP) is 4.56. The molecule has 2 heterocycles. The van der Waals surface area contributed by atoms with Gasteiger partial charge in [-0.3, -0.25) is 0 Å². The second kappa shape index (κ2) is 9.41. The Kier molecular flexibility index (Phi) is 6.47. The topological polar surface area (TPSA) is 100 Å². The van der Waals surface area contributed by atoms with E-state index in [1.54, 1.807) is 18.2 Å². The van der Waals surface area contributed by atoms with Crippen LogP contribution in [0.2, 0.25) is 0 Å². The van der Waals surface area contributed by atoms with Crippen molar-refractivity contribution in [1.82, 2.24) is 10.1 Å². The Hall–Kier alpha value is -3.80. The van der Waals surface area contributed by atoms with E-state index < -0.39 is 0 Å². The Labute approximate surface area is 170 Å². The number of ether oxygens (including phenoxy) is 1. The Balaban J connectivity index is 1.63. The fraction of sp³-hybridized carbons (Fsp3) is 0.130. The molecule has 0 bridgehead atoms. The molecule has 29 heavy (non-hydrogen) atoms. The maximum absolute atomic E-state index is 5.91. The maximum Gasteiger partial charge on any atom is 0.170 e. The minimum Gasteiger partial charge on any atom is -0.489 e. The van der Waals surface area contributed by atoms with Crippen LogP contribution in [0.5, 0.6) is 5.75 Å². The Bertz CT molecular complexity index is 1030. The zero-order valence-electron chi connectivity index (χ0n) is 16.3. The van der Waals surface area contributed by atoms with Crippen molar-refractivity contribution in [3.63, 3.8) is 0 Å². The molecule has 0 spiro atoms. The summed E-state index contributed by atoms with van der Waals surface area (Å²) in [5.74, 6) is 2.04. The van der Waals surface area contributed by atoms with Crippen LogP contribution in [-0.4, -0.2) is 16.7 Å². The fourth-order valence-electron chi connectivity index (χ4n) is 2.70. The van der Waals surface area contributed by atoms with Gasteiger partial charge in [0.25, 0.3) is 0 Å². The van der Waals surface area contributed by atoms with Gasteiger partial charge >= 0.3 is 0 Å². The smallest absolute Gasteiger partial charge is 0.170 e. The van der Waals surface area contributed by atoms with Gasteiger partial charge in [0.05, 0.1) is 11.3 Å². The minimum absolute atomic E-state index is 0.316. The lowest BCUT2D eigenvalue weighted by molar-refractivity contribution is 0.355. The van der Waals surface area contributed by atoms with E-state index in [4.69, 9.17) is 20.7 Å². The molecule has 0 amide bonds. The quantitative estimate of drug-likeness (QED) is 0.549. The number of anilines is 2. The average Bonchev–Trinajstić information content (AvgIpc) is 3.17. The van der Waals surface area contributed by atoms with Gasteiger partial charge in [-0.25, -0.2) is 4.98 Å². The van der Waals surface area contributed by atoms with Crippen LogP contribution in [0.1, 0.15) is 18.2 Å². The summed E-state index contributed by atoms with van der Waals surface area (Å²) in [4.78, 5) is 4.05. The molecule has 0 atom stereocenters. The molecule has 148 valence electrons. The number of benzene rings is 1. The number of nitrogens with zero attached hydrogens (tertiary/aromatic N) is 2. The summed E-state index contributed by atoms with van der Waals surface area (Å²) in [5.41, 5.74) is 15.1. The second-order valence-corrected chi connectivity index (χ2v) is 6.43. The van der Waals surface area contributed by atoms with E-state index in [0.717, 1.165) is 22.6 Å². The van der Waals surface area contributed by atoms with Gasteiger partial charge in [-0.1, -0.05) is 48.2 Å². The highest BCUT2D eigenvalue weighted by molar-refractivity contribution is 5.71. The van der Waals surface area contributed by atoms with Gasteiger partial charge in [0.1, 0.15) is 24.0 Å². The summed E-state index contributed by atoms with van der Waals surface area (Å²) < 4.78 is 11.2. The lowest BCUT2D eigenvalue weighted by Crippen LogP contribution is -1.99. The van der Waals surface area contributed by atoms with Crippen LogP contribution >= 0.6 is 0 Å². The number of allylic oxidation sites excluding steroid dienone is 3. The van der Waals surface area contributed by atoms with E-state index in [0.29, 0.717) is 36.0 Å². The lowest BCUT2D eigenvalue weighted by Gasteiger charge is -2.07. The van der Waals surface area contributed by atoms with Gasteiger partial charge in [-0.15, -0.1) is 0 Å². The lowest BCUT2D eigenvalue weighted by atomic mass is 10.1. The van der Waals surface area contributed by atoms with Crippen LogP contribution in [-0.2, 0) is 6.42 Å². The first kappa shape index (κ1) is 19.9. The standard InChI is InChI=1S/C23H24N4O2/c1-3-5-6-16(4-2)15-28-19-9-7-17(8-10-19)13-18-14-21(29-27-18)20-11-12-22(24)26-23(20)25/h3-12,14H,2,13,15H2,1H3,(H4,24,25,26)/b5-3-,16-6+. The SMILES string of the molecule is C=C/C(=C\C=C/C)COc1ccc(Cc2cc(-c3ccc(N)nc3N)on2)cc1. The van der Waals surface area contributed by atoms with Crippen molar-refractivity contribution in [2.24, 2.45) is 0 Å². The third-order valence-corrected chi connectivity index (χ3v) is 4.25. The number of nitrogens with two attached hydrogens (primary N) is 2. The van der Waals surface area contributed by atoms with Gasteiger partial charge in [0.2, 0.25) is 0 Å². The molecule has 0 aliphatic rings.